The molecule has 0 heterocycles. The smallest absolute Gasteiger partial charge is 0.488 e. The lowest BCUT2D eigenvalue weighted by molar-refractivity contribution is 0.129. The molecule has 0 unspecified atom stereocenters. The average Bonchev–Trinajstić information content (AvgIpc) is 2.87. The standard InChI is InChI=1S/C54H44F20O7P2/c1-17-19(51(3,4)5)15-20(52(6,7)8)45(76-82(78-47-37(67)29(59)25(55)30(60)38(47)68)79-48-39(69)31(61)26(56)32(62)40(48)70)23(17)24-18(2)22(75-54(12,13)14)16-21(53(9,10)11)46(24)77-83(80-49-41(71)33(63)27(57)34(64)42(49)72)81-50-43(73)35(65)28(58)36(66)44(50)74/h15-16H,1-14H3. The molecule has 0 fully saturated rings. The van der Waals surface area contributed by atoms with Crippen molar-refractivity contribution in [2.75, 3.05) is 0 Å². The molecule has 6 aromatic carbocycles. The third-order valence-corrected chi connectivity index (χ3v) is 13.8. The zero-order chi connectivity index (χ0) is 63.1. The average molecular weight is 1250 g/mol. The summed E-state index contributed by atoms with van der Waals surface area (Å²) < 4.78 is 340. The van der Waals surface area contributed by atoms with Gasteiger partial charge >= 0.3 is 17.2 Å². The van der Waals surface area contributed by atoms with E-state index in [2.05, 4.69) is 0 Å². The molecule has 0 bridgehead atoms. The van der Waals surface area contributed by atoms with Crippen molar-refractivity contribution >= 4 is 17.2 Å². The minimum absolute atomic E-state index is 0.116. The van der Waals surface area contributed by atoms with E-state index in [-0.39, 0.29) is 33.6 Å². The summed E-state index contributed by atoms with van der Waals surface area (Å²) in [5.74, 6) is -66.8. The Labute approximate surface area is 462 Å². The molecule has 0 spiro atoms. The Hall–Kier alpha value is -6.62. The highest BCUT2D eigenvalue weighted by atomic mass is 31.2. The van der Waals surface area contributed by atoms with E-state index in [1.165, 1.54) is 88.3 Å². The fourth-order valence-electron chi connectivity index (χ4n) is 7.83. The molecular weight excluding hydrogens is 1200 g/mol. The van der Waals surface area contributed by atoms with Crippen LogP contribution in [-0.4, -0.2) is 5.60 Å². The Morgan fingerprint density at radius 3 is 0.699 bits per heavy atom. The first-order chi connectivity index (χ1) is 37.9. The van der Waals surface area contributed by atoms with Gasteiger partial charge in [-0.15, -0.1) is 0 Å². The minimum atomic E-state index is -4.51. The van der Waals surface area contributed by atoms with E-state index in [1.54, 1.807) is 20.8 Å². The lowest BCUT2D eigenvalue weighted by Crippen LogP contribution is -2.25. The lowest BCUT2D eigenvalue weighted by Gasteiger charge is -2.35. The van der Waals surface area contributed by atoms with Gasteiger partial charge in [0, 0.05) is 27.8 Å². The van der Waals surface area contributed by atoms with E-state index in [9.17, 15) is 52.7 Å². The summed E-state index contributed by atoms with van der Waals surface area (Å²) in [7, 11) is -9.00. The molecule has 7 nitrogen and oxygen atoms in total. The topological polar surface area (TPSA) is 64.6 Å². The van der Waals surface area contributed by atoms with Crippen LogP contribution in [0.5, 0.6) is 40.2 Å². The van der Waals surface area contributed by atoms with Crippen LogP contribution in [0.1, 0.15) is 111 Å². The fourth-order valence-corrected chi connectivity index (χ4v) is 9.97. The summed E-state index contributed by atoms with van der Waals surface area (Å²) in [5.41, 5.74) is -7.18. The van der Waals surface area contributed by atoms with Crippen molar-refractivity contribution in [2.45, 2.75) is 119 Å². The Morgan fingerprint density at radius 2 is 0.470 bits per heavy atom. The van der Waals surface area contributed by atoms with Gasteiger partial charge in [-0.1, -0.05) is 68.4 Å². The van der Waals surface area contributed by atoms with Crippen molar-refractivity contribution in [3.8, 4) is 51.4 Å². The summed E-state index contributed by atoms with van der Waals surface area (Å²) in [6, 6.07) is 2.54. The number of benzene rings is 6. The maximum Gasteiger partial charge on any atom is 0.530 e. The molecule has 0 radical (unpaired) electrons. The Bertz CT molecular complexity index is 3350. The lowest BCUT2D eigenvalue weighted by atomic mass is 9.74. The first-order valence-electron chi connectivity index (χ1n) is 23.7. The van der Waals surface area contributed by atoms with E-state index in [4.69, 9.17) is 31.9 Å². The van der Waals surface area contributed by atoms with E-state index >= 15 is 35.1 Å². The van der Waals surface area contributed by atoms with E-state index in [1.807, 2.05) is 0 Å². The van der Waals surface area contributed by atoms with Gasteiger partial charge in [0.25, 0.3) is 0 Å². The molecule has 29 heteroatoms. The van der Waals surface area contributed by atoms with Gasteiger partial charge < -0.3 is 31.9 Å². The van der Waals surface area contributed by atoms with Crippen LogP contribution in [-0.2, 0) is 16.2 Å². The Kier molecular flexibility index (Phi) is 18.2. The predicted octanol–water partition coefficient (Wildman–Crippen LogP) is 19.3. The minimum Gasteiger partial charge on any atom is -0.488 e. The van der Waals surface area contributed by atoms with Crippen LogP contribution in [0.4, 0.5) is 87.8 Å². The molecule has 6 rings (SSSR count). The summed E-state index contributed by atoms with van der Waals surface area (Å²) in [6.45, 7) is 20.3. The number of rotatable bonds is 14. The van der Waals surface area contributed by atoms with Gasteiger partial charge in [-0.3, -0.25) is 0 Å². The third-order valence-electron chi connectivity index (χ3n) is 11.8. The molecule has 0 aliphatic heterocycles. The molecule has 83 heavy (non-hydrogen) atoms. The monoisotopic (exact) mass is 1250 g/mol. The highest BCUT2D eigenvalue weighted by molar-refractivity contribution is 7.43. The maximum atomic E-state index is 15.6. The van der Waals surface area contributed by atoms with Crippen LogP contribution < -0.4 is 31.9 Å². The highest BCUT2D eigenvalue weighted by Crippen LogP contribution is 2.59. The summed E-state index contributed by atoms with van der Waals surface area (Å²) in [4.78, 5) is 0. The largest absolute Gasteiger partial charge is 0.530 e. The Morgan fingerprint density at radius 1 is 0.265 bits per heavy atom. The van der Waals surface area contributed by atoms with Crippen LogP contribution in [0.15, 0.2) is 12.1 Å². The number of hydrogen-bond donors (Lipinski definition) is 0. The van der Waals surface area contributed by atoms with E-state index in [0.717, 1.165) is 0 Å². The van der Waals surface area contributed by atoms with Gasteiger partial charge in [-0.25, -0.2) is 52.7 Å². The molecule has 0 saturated carbocycles. The van der Waals surface area contributed by atoms with Crippen LogP contribution in [0.3, 0.4) is 0 Å². The summed E-state index contributed by atoms with van der Waals surface area (Å²) >= 11 is 0. The second-order valence-electron chi connectivity index (χ2n) is 22.1. The molecule has 0 amide bonds. The highest BCUT2D eigenvalue weighted by Gasteiger charge is 2.43. The van der Waals surface area contributed by atoms with Gasteiger partial charge in [0.15, 0.2) is 0 Å². The van der Waals surface area contributed by atoms with Crippen molar-refractivity contribution in [3.63, 3.8) is 0 Å². The van der Waals surface area contributed by atoms with Crippen molar-refractivity contribution in [1.82, 2.24) is 0 Å². The Balaban J connectivity index is 1.87. The van der Waals surface area contributed by atoms with E-state index in [0.29, 0.717) is 0 Å². The molecule has 0 saturated heterocycles. The van der Waals surface area contributed by atoms with Gasteiger partial charge in [0.05, 0.1) is 0 Å². The molecule has 0 aliphatic rings. The number of ether oxygens (including phenoxy) is 1. The summed E-state index contributed by atoms with van der Waals surface area (Å²) in [6.07, 6.45) is 0. The molecular formula is C54H44F20O7P2. The third kappa shape index (κ3) is 12.5. The van der Waals surface area contributed by atoms with Gasteiger partial charge in [0.2, 0.25) is 139 Å². The quantitative estimate of drug-likeness (QED) is 0.0466. The second-order valence-corrected chi connectivity index (χ2v) is 24.1. The van der Waals surface area contributed by atoms with Crippen molar-refractivity contribution in [2.24, 2.45) is 0 Å². The zero-order valence-electron chi connectivity index (χ0n) is 45.5. The molecule has 0 aliphatic carbocycles. The summed E-state index contributed by atoms with van der Waals surface area (Å²) in [5, 5.41) is 0. The van der Waals surface area contributed by atoms with Crippen molar-refractivity contribution < 1.29 is 120 Å². The second kappa shape index (κ2) is 23.1. The predicted molar refractivity (Wildman–Crippen MR) is 260 cm³/mol. The van der Waals surface area contributed by atoms with Crippen molar-refractivity contribution in [3.05, 3.63) is 156 Å². The first kappa shape index (κ1) is 65.5. The zero-order valence-corrected chi connectivity index (χ0v) is 47.3. The van der Waals surface area contributed by atoms with Crippen molar-refractivity contribution in [1.29, 1.82) is 0 Å². The van der Waals surface area contributed by atoms with Crippen LogP contribution >= 0.6 is 17.2 Å². The fraction of sp³-hybridized carbons (Fsp3) is 0.333. The van der Waals surface area contributed by atoms with Gasteiger partial charge in [-0.05, 0) is 68.1 Å². The van der Waals surface area contributed by atoms with Gasteiger partial charge in [-0.2, -0.15) is 35.1 Å². The van der Waals surface area contributed by atoms with E-state index < -0.39 is 201 Å². The first-order valence-corrected chi connectivity index (χ1v) is 25.9. The van der Waals surface area contributed by atoms with Crippen LogP contribution in [0.2, 0.25) is 0 Å². The maximum absolute atomic E-state index is 15.6. The molecule has 0 N–H and O–H groups in total. The molecule has 0 aromatic heterocycles. The number of halogens is 20. The molecule has 0 atom stereocenters. The normalized spacial score (nSPS) is 12.4. The van der Waals surface area contributed by atoms with Crippen LogP contribution in [0.25, 0.3) is 11.1 Å². The molecule has 452 valence electrons. The number of hydrogen-bond acceptors (Lipinski definition) is 7. The SMILES string of the molecule is Cc1c(OC(C)(C)C)cc(C(C)(C)C)c(OP(Oc2c(F)c(F)c(F)c(F)c2F)Oc2c(F)c(F)c(F)c(F)c2F)c1-c1c(C)c(C(C)(C)C)cc(C(C)(C)C)c1OP(Oc1c(F)c(F)c(F)c(F)c1F)Oc1c(F)c(F)c(F)c(F)c1F. The molecule has 6 aromatic rings. The van der Waals surface area contributed by atoms with Gasteiger partial charge in [0.1, 0.15) is 22.8 Å². The van der Waals surface area contributed by atoms with Crippen LogP contribution in [0, 0.1) is 130 Å².